The summed E-state index contributed by atoms with van der Waals surface area (Å²) in [6, 6.07) is 0. The van der Waals surface area contributed by atoms with E-state index in [0.29, 0.717) is 11.8 Å². The molecular weight excluding hydrogens is 268 g/mol. The molecule has 0 amide bonds. The van der Waals surface area contributed by atoms with Crippen LogP contribution in [0.3, 0.4) is 0 Å². The lowest BCUT2D eigenvalue weighted by molar-refractivity contribution is 0.146. The van der Waals surface area contributed by atoms with Gasteiger partial charge >= 0.3 is 0 Å². The Balaban J connectivity index is 1.71. The highest BCUT2D eigenvalue weighted by atomic mass is 16.5. The summed E-state index contributed by atoms with van der Waals surface area (Å²) in [6.45, 7) is 5.45. The quantitative estimate of drug-likeness (QED) is 0.837. The second-order valence-corrected chi connectivity index (χ2v) is 5.81. The Hall–Kier alpha value is -1.66. The maximum Gasteiger partial charge on any atom is 0.191 e. The molecule has 0 radical (unpaired) electrons. The molecule has 0 saturated carbocycles. The van der Waals surface area contributed by atoms with Crippen molar-refractivity contribution in [1.29, 1.82) is 0 Å². The zero-order chi connectivity index (χ0) is 14.8. The van der Waals surface area contributed by atoms with Crippen LogP contribution in [0.2, 0.25) is 0 Å². The SMILES string of the molecule is COC[C@@H]1CN(Cc2cnc(C)o2)C[C@H]1c1cnn(C)c1. The molecule has 0 unspecified atom stereocenters. The van der Waals surface area contributed by atoms with E-state index in [9.17, 15) is 0 Å². The van der Waals surface area contributed by atoms with Crippen molar-refractivity contribution in [1.82, 2.24) is 19.7 Å². The normalized spacial score (nSPS) is 23.0. The average Bonchev–Trinajstić information content (AvgIpc) is 3.12. The molecule has 0 aromatic carbocycles. The number of aromatic nitrogens is 3. The third-order valence-corrected chi connectivity index (χ3v) is 4.10. The topological polar surface area (TPSA) is 56.3 Å². The van der Waals surface area contributed by atoms with Gasteiger partial charge in [0.05, 0.1) is 25.5 Å². The molecular formula is C15H22N4O2. The van der Waals surface area contributed by atoms with Gasteiger partial charge in [-0.15, -0.1) is 0 Å². The van der Waals surface area contributed by atoms with Crippen molar-refractivity contribution in [3.63, 3.8) is 0 Å². The molecule has 114 valence electrons. The Bertz CT molecular complexity index is 592. The van der Waals surface area contributed by atoms with Crippen molar-refractivity contribution >= 4 is 0 Å². The second kappa shape index (κ2) is 5.99. The zero-order valence-corrected chi connectivity index (χ0v) is 12.8. The number of aryl methyl sites for hydroxylation is 2. The first-order valence-electron chi connectivity index (χ1n) is 7.27. The molecule has 2 atom stereocenters. The molecule has 21 heavy (non-hydrogen) atoms. The molecule has 6 heteroatoms. The Kier molecular flexibility index (Phi) is 4.07. The Morgan fingerprint density at radius 1 is 1.38 bits per heavy atom. The van der Waals surface area contributed by atoms with Crippen molar-refractivity contribution in [3.05, 3.63) is 35.8 Å². The van der Waals surface area contributed by atoms with E-state index in [4.69, 9.17) is 9.15 Å². The third kappa shape index (κ3) is 3.16. The third-order valence-electron chi connectivity index (χ3n) is 4.10. The summed E-state index contributed by atoms with van der Waals surface area (Å²) >= 11 is 0. The molecule has 0 spiro atoms. The van der Waals surface area contributed by atoms with Gasteiger partial charge in [0.1, 0.15) is 5.76 Å². The summed E-state index contributed by atoms with van der Waals surface area (Å²) in [5, 5.41) is 4.30. The van der Waals surface area contributed by atoms with Crippen LogP contribution < -0.4 is 0 Å². The molecule has 2 aromatic rings. The van der Waals surface area contributed by atoms with E-state index in [1.165, 1.54) is 5.56 Å². The number of hydrogen-bond acceptors (Lipinski definition) is 5. The lowest BCUT2D eigenvalue weighted by Crippen LogP contribution is -2.21. The summed E-state index contributed by atoms with van der Waals surface area (Å²) in [5.41, 5.74) is 1.29. The second-order valence-electron chi connectivity index (χ2n) is 5.81. The monoisotopic (exact) mass is 290 g/mol. The summed E-state index contributed by atoms with van der Waals surface area (Å²) in [6.07, 6.45) is 5.89. The number of rotatable bonds is 5. The van der Waals surface area contributed by atoms with Gasteiger partial charge in [-0.3, -0.25) is 9.58 Å². The number of hydrogen-bond donors (Lipinski definition) is 0. The van der Waals surface area contributed by atoms with Crippen molar-refractivity contribution < 1.29 is 9.15 Å². The highest BCUT2D eigenvalue weighted by molar-refractivity contribution is 5.16. The van der Waals surface area contributed by atoms with Gasteiger partial charge in [-0.05, 0) is 5.56 Å². The van der Waals surface area contributed by atoms with Crippen molar-refractivity contribution in [3.8, 4) is 0 Å². The van der Waals surface area contributed by atoms with E-state index in [2.05, 4.69) is 21.2 Å². The number of methoxy groups -OCH3 is 1. The first kappa shape index (κ1) is 14.3. The maximum absolute atomic E-state index is 5.59. The average molecular weight is 290 g/mol. The van der Waals surface area contributed by atoms with E-state index < -0.39 is 0 Å². The van der Waals surface area contributed by atoms with Gasteiger partial charge in [0.15, 0.2) is 5.89 Å². The van der Waals surface area contributed by atoms with Crippen LogP contribution >= 0.6 is 0 Å². The van der Waals surface area contributed by atoms with Crippen LogP contribution in [0.1, 0.15) is 23.1 Å². The Morgan fingerprint density at radius 3 is 2.86 bits per heavy atom. The molecule has 1 saturated heterocycles. The minimum absolute atomic E-state index is 0.461. The molecule has 0 bridgehead atoms. The van der Waals surface area contributed by atoms with E-state index in [1.807, 2.05) is 31.0 Å². The van der Waals surface area contributed by atoms with Crippen LogP contribution in [-0.2, 0) is 18.3 Å². The molecule has 0 N–H and O–H groups in total. The smallest absolute Gasteiger partial charge is 0.191 e. The summed E-state index contributed by atoms with van der Waals surface area (Å²) in [5.74, 6) is 2.60. The Labute approximate surface area is 124 Å². The number of nitrogens with zero attached hydrogens (tertiary/aromatic N) is 4. The van der Waals surface area contributed by atoms with Gasteiger partial charge in [0.2, 0.25) is 0 Å². The van der Waals surface area contributed by atoms with Gasteiger partial charge in [0.25, 0.3) is 0 Å². The van der Waals surface area contributed by atoms with E-state index in [0.717, 1.165) is 37.9 Å². The summed E-state index contributed by atoms with van der Waals surface area (Å²) in [7, 11) is 3.72. The van der Waals surface area contributed by atoms with Gasteiger partial charge in [-0.1, -0.05) is 0 Å². The van der Waals surface area contributed by atoms with Crippen molar-refractivity contribution in [2.75, 3.05) is 26.8 Å². The maximum atomic E-state index is 5.59. The molecule has 1 aliphatic rings. The highest BCUT2D eigenvalue weighted by Crippen LogP contribution is 2.33. The van der Waals surface area contributed by atoms with Crippen LogP contribution in [0, 0.1) is 12.8 Å². The number of ether oxygens (including phenoxy) is 1. The van der Waals surface area contributed by atoms with E-state index >= 15 is 0 Å². The molecule has 1 aliphatic heterocycles. The summed E-state index contributed by atoms with van der Waals surface area (Å²) in [4.78, 5) is 6.57. The fourth-order valence-corrected chi connectivity index (χ4v) is 3.18. The minimum Gasteiger partial charge on any atom is -0.445 e. The molecule has 6 nitrogen and oxygen atoms in total. The minimum atomic E-state index is 0.461. The number of oxazole rings is 1. The predicted octanol–water partition coefficient (Wildman–Crippen LogP) is 1.58. The molecule has 1 fully saturated rings. The predicted molar refractivity (Wildman–Crippen MR) is 77.8 cm³/mol. The van der Waals surface area contributed by atoms with E-state index in [1.54, 1.807) is 7.11 Å². The first-order valence-corrected chi connectivity index (χ1v) is 7.27. The van der Waals surface area contributed by atoms with Crippen LogP contribution in [0.5, 0.6) is 0 Å². The molecule has 3 heterocycles. The fourth-order valence-electron chi connectivity index (χ4n) is 3.18. The lowest BCUT2D eigenvalue weighted by Gasteiger charge is -2.15. The standard InChI is InChI=1S/C15H22N4O2/c1-11-16-5-14(21-11)8-19-7-13(10-20-3)15(9-19)12-4-17-18(2)6-12/h4-6,13,15H,7-10H2,1-3H3/t13-,15-/m0/s1. The van der Waals surface area contributed by atoms with Crippen LogP contribution in [0.25, 0.3) is 0 Å². The Morgan fingerprint density at radius 2 is 2.24 bits per heavy atom. The molecule has 0 aliphatic carbocycles. The molecule has 2 aromatic heterocycles. The van der Waals surface area contributed by atoms with Gasteiger partial charge < -0.3 is 9.15 Å². The lowest BCUT2D eigenvalue weighted by atomic mass is 9.92. The first-order chi connectivity index (χ1) is 10.2. The highest BCUT2D eigenvalue weighted by Gasteiger charge is 2.34. The zero-order valence-electron chi connectivity index (χ0n) is 12.8. The van der Waals surface area contributed by atoms with Crippen LogP contribution in [0.15, 0.2) is 23.0 Å². The van der Waals surface area contributed by atoms with Crippen LogP contribution in [-0.4, -0.2) is 46.5 Å². The number of likely N-dealkylation sites (tertiary alicyclic amines) is 1. The fraction of sp³-hybridized carbons (Fsp3) is 0.600. The summed E-state index contributed by atoms with van der Waals surface area (Å²) < 4.78 is 12.8. The molecule has 3 rings (SSSR count). The van der Waals surface area contributed by atoms with E-state index in [-0.39, 0.29) is 0 Å². The van der Waals surface area contributed by atoms with Gasteiger partial charge in [-0.25, -0.2) is 4.98 Å². The van der Waals surface area contributed by atoms with Gasteiger partial charge in [0, 0.05) is 52.2 Å². The van der Waals surface area contributed by atoms with Crippen LogP contribution in [0.4, 0.5) is 0 Å². The van der Waals surface area contributed by atoms with Crippen molar-refractivity contribution in [2.24, 2.45) is 13.0 Å². The van der Waals surface area contributed by atoms with Gasteiger partial charge in [-0.2, -0.15) is 5.10 Å². The largest absolute Gasteiger partial charge is 0.445 e. The van der Waals surface area contributed by atoms with Crippen molar-refractivity contribution in [2.45, 2.75) is 19.4 Å².